The maximum absolute atomic E-state index is 11.9. The van der Waals surface area contributed by atoms with Crippen LogP contribution in [-0.4, -0.2) is 36.5 Å². The van der Waals surface area contributed by atoms with Crippen LogP contribution >= 0.6 is 0 Å². The lowest BCUT2D eigenvalue weighted by molar-refractivity contribution is -0.135. The molecular weight excluding hydrogens is 306 g/mol. The molecule has 6 nitrogen and oxygen atoms in total. The number of carboxylic acids is 1. The van der Waals surface area contributed by atoms with Gasteiger partial charge in [-0.25, -0.2) is 0 Å². The number of hydrogen-bond acceptors (Lipinski definition) is 3. The molecule has 1 amide bonds. The Hall–Kier alpha value is -1.59. The van der Waals surface area contributed by atoms with E-state index in [1.54, 1.807) is 0 Å². The van der Waals surface area contributed by atoms with Gasteiger partial charge in [0.2, 0.25) is 5.91 Å². The van der Waals surface area contributed by atoms with Gasteiger partial charge in [-0.05, 0) is 6.42 Å². The van der Waals surface area contributed by atoms with Crippen LogP contribution in [0, 0.1) is 0 Å². The lowest BCUT2D eigenvalue weighted by Crippen LogP contribution is -2.42. The van der Waals surface area contributed by atoms with Crippen LogP contribution < -0.4 is 10.6 Å². The summed E-state index contributed by atoms with van der Waals surface area (Å²) in [5, 5.41) is 13.3. The first-order valence-electron chi connectivity index (χ1n) is 10.6. The van der Waals surface area contributed by atoms with Gasteiger partial charge < -0.3 is 10.4 Å². The highest BCUT2D eigenvalue weighted by molar-refractivity contribution is 5.97. The zero-order chi connectivity index (χ0) is 20.5. The highest BCUT2D eigenvalue weighted by Crippen LogP contribution is 2.11. The standard InChI is InChI=1S/C18H35N3O3/c1-3-4-5-6-7-8-9-10-11-12-13-14-16(22)21-18(19-2)20-15-17(23)24/h3-15H2,1-2H3,(H,23,24)(H2,19,20,21,22)/i2D3. The number of rotatable bonds is 14. The van der Waals surface area contributed by atoms with Crippen molar-refractivity contribution in [3.05, 3.63) is 0 Å². The smallest absolute Gasteiger partial charge is 0.322 e. The fourth-order valence-electron chi connectivity index (χ4n) is 2.42. The molecule has 0 heterocycles. The minimum absolute atomic E-state index is 0.256. The zero-order valence-corrected chi connectivity index (χ0v) is 14.9. The van der Waals surface area contributed by atoms with Crippen molar-refractivity contribution >= 4 is 17.8 Å². The number of aliphatic carboxylic acids is 1. The summed E-state index contributed by atoms with van der Waals surface area (Å²) < 4.78 is 21.3. The van der Waals surface area contributed by atoms with E-state index < -0.39 is 19.5 Å². The van der Waals surface area contributed by atoms with Crippen LogP contribution in [0.1, 0.15) is 88.1 Å². The number of carbonyl (C=O) groups is 2. The molecule has 0 aromatic carbocycles. The second-order valence-electron chi connectivity index (χ2n) is 6.04. The number of aliphatic imine (C=N–C) groups is 1. The van der Waals surface area contributed by atoms with Crippen LogP contribution in [0.25, 0.3) is 0 Å². The van der Waals surface area contributed by atoms with Gasteiger partial charge in [-0.15, -0.1) is 0 Å². The van der Waals surface area contributed by atoms with E-state index in [2.05, 4.69) is 22.5 Å². The van der Waals surface area contributed by atoms with E-state index >= 15 is 0 Å². The summed E-state index contributed by atoms with van der Waals surface area (Å²) in [5.74, 6) is -1.87. The third kappa shape index (κ3) is 15.3. The second-order valence-corrected chi connectivity index (χ2v) is 6.04. The number of amides is 1. The van der Waals surface area contributed by atoms with Gasteiger partial charge in [-0.1, -0.05) is 71.1 Å². The number of guanidine groups is 1. The van der Waals surface area contributed by atoms with Crippen molar-refractivity contribution in [2.24, 2.45) is 4.99 Å². The Bertz CT molecular complexity index is 455. The van der Waals surface area contributed by atoms with Crippen molar-refractivity contribution in [1.82, 2.24) is 10.6 Å². The lowest BCUT2D eigenvalue weighted by Gasteiger charge is -2.09. The molecule has 0 saturated heterocycles. The number of carboxylic acid groups (broad SMARTS) is 1. The Labute approximate surface area is 150 Å². The Morgan fingerprint density at radius 2 is 1.50 bits per heavy atom. The normalized spacial score (nSPS) is 13.7. The Balaban J connectivity index is 3.86. The molecule has 6 heteroatoms. The molecule has 0 aliphatic heterocycles. The molecule has 140 valence electrons. The maximum Gasteiger partial charge on any atom is 0.322 e. The van der Waals surface area contributed by atoms with E-state index in [1.165, 1.54) is 51.4 Å². The van der Waals surface area contributed by atoms with Gasteiger partial charge in [0.05, 0.1) is 0 Å². The molecule has 0 aromatic heterocycles. The molecule has 0 fully saturated rings. The molecule has 0 aliphatic rings. The fourth-order valence-corrected chi connectivity index (χ4v) is 2.42. The van der Waals surface area contributed by atoms with Crippen molar-refractivity contribution in [3.8, 4) is 0 Å². The van der Waals surface area contributed by atoms with Crippen LogP contribution in [0.15, 0.2) is 4.99 Å². The molecule has 0 rings (SSSR count). The molecule has 0 saturated carbocycles. The number of hydrogen-bond donors (Lipinski definition) is 3. The molecule has 3 N–H and O–H groups in total. The molecule has 0 aliphatic carbocycles. The molecule has 0 atom stereocenters. The number of nitrogens with zero attached hydrogens (tertiary/aromatic N) is 1. The minimum atomic E-state index is -2.65. The molecule has 0 aromatic rings. The summed E-state index contributed by atoms with van der Waals surface area (Å²) in [6, 6.07) is 0. The summed E-state index contributed by atoms with van der Waals surface area (Å²) in [7, 11) is 0. The van der Waals surface area contributed by atoms with E-state index in [0.29, 0.717) is 6.42 Å². The molecule has 0 bridgehead atoms. The Morgan fingerprint density at radius 3 is 2.00 bits per heavy atom. The van der Waals surface area contributed by atoms with Gasteiger partial charge in [-0.3, -0.25) is 19.9 Å². The average Bonchev–Trinajstić information content (AvgIpc) is 2.56. The van der Waals surface area contributed by atoms with Crippen molar-refractivity contribution in [3.63, 3.8) is 0 Å². The molecular formula is C18H35N3O3. The molecule has 0 spiro atoms. The van der Waals surface area contributed by atoms with E-state index in [0.717, 1.165) is 12.8 Å². The zero-order valence-electron chi connectivity index (χ0n) is 17.9. The van der Waals surface area contributed by atoms with Gasteiger partial charge >= 0.3 is 5.97 Å². The van der Waals surface area contributed by atoms with Crippen LogP contribution in [0.4, 0.5) is 0 Å². The van der Waals surface area contributed by atoms with Crippen molar-refractivity contribution in [2.45, 2.75) is 84.0 Å². The van der Waals surface area contributed by atoms with Crippen molar-refractivity contribution < 1.29 is 18.8 Å². The van der Waals surface area contributed by atoms with Gasteiger partial charge in [0.15, 0.2) is 5.96 Å². The average molecular weight is 345 g/mol. The Morgan fingerprint density at radius 1 is 0.958 bits per heavy atom. The van der Waals surface area contributed by atoms with Crippen molar-refractivity contribution in [1.29, 1.82) is 0 Å². The second kappa shape index (κ2) is 16.3. The predicted octanol–water partition coefficient (Wildman–Crippen LogP) is 3.46. The van der Waals surface area contributed by atoms with E-state index in [9.17, 15) is 9.59 Å². The van der Waals surface area contributed by atoms with E-state index in [1.807, 2.05) is 0 Å². The highest BCUT2D eigenvalue weighted by atomic mass is 16.4. The van der Waals surface area contributed by atoms with E-state index in [4.69, 9.17) is 9.22 Å². The summed E-state index contributed by atoms with van der Waals surface area (Å²) in [6.45, 7) is -0.952. The van der Waals surface area contributed by atoms with Gasteiger partial charge in [0, 0.05) is 17.5 Å². The lowest BCUT2D eigenvalue weighted by atomic mass is 10.1. The molecule has 0 radical (unpaired) electrons. The highest BCUT2D eigenvalue weighted by Gasteiger charge is 2.06. The maximum atomic E-state index is 11.9. The topological polar surface area (TPSA) is 90.8 Å². The first-order valence-corrected chi connectivity index (χ1v) is 9.10. The van der Waals surface area contributed by atoms with Gasteiger partial charge in [-0.2, -0.15) is 0 Å². The van der Waals surface area contributed by atoms with Crippen LogP contribution in [-0.2, 0) is 9.59 Å². The van der Waals surface area contributed by atoms with Gasteiger partial charge in [0.25, 0.3) is 0 Å². The third-order valence-corrected chi connectivity index (χ3v) is 3.78. The van der Waals surface area contributed by atoms with Crippen LogP contribution in [0.5, 0.6) is 0 Å². The number of unbranched alkanes of at least 4 members (excludes halogenated alkanes) is 10. The largest absolute Gasteiger partial charge is 0.480 e. The number of carbonyl (C=O) groups excluding carboxylic acids is 1. The van der Waals surface area contributed by atoms with Gasteiger partial charge in [0.1, 0.15) is 6.54 Å². The predicted molar refractivity (Wildman–Crippen MR) is 98.2 cm³/mol. The minimum Gasteiger partial charge on any atom is -0.480 e. The fraction of sp³-hybridized carbons (Fsp3) is 0.833. The summed E-state index contributed by atoms with van der Waals surface area (Å²) >= 11 is 0. The third-order valence-electron chi connectivity index (χ3n) is 3.78. The summed E-state index contributed by atoms with van der Waals surface area (Å²) in [4.78, 5) is 25.8. The molecule has 24 heavy (non-hydrogen) atoms. The summed E-state index contributed by atoms with van der Waals surface area (Å²) in [5.41, 5.74) is 0. The number of nitrogens with one attached hydrogen (secondary N) is 2. The summed E-state index contributed by atoms with van der Waals surface area (Å²) in [6.07, 6.45) is 13.2. The first-order chi connectivity index (χ1) is 12.7. The Kier molecular flexibility index (Phi) is 11.7. The van der Waals surface area contributed by atoms with Crippen molar-refractivity contribution in [2.75, 3.05) is 13.5 Å². The monoisotopic (exact) mass is 344 g/mol. The SMILES string of the molecule is [2H]C([2H])([2H])N=C(NCC(=O)O)NC(=O)CCCCCCCCCCCCC. The van der Waals surface area contributed by atoms with Crippen LogP contribution in [0.2, 0.25) is 0 Å². The quantitative estimate of drug-likeness (QED) is 0.256. The van der Waals surface area contributed by atoms with Crippen LogP contribution in [0.3, 0.4) is 0 Å². The first kappa shape index (κ1) is 17.2. The molecule has 0 unspecified atom stereocenters. The van der Waals surface area contributed by atoms with E-state index in [-0.39, 0.29) is 18.3 Å².